The summed E-state index contributed by atoms with van der Waals surface area (Å²) in [5.41, 5.74) is 5.54. The molecule has 83 heavy (non-hydrogen) atoms. The summed E-state index contributed by atoms with van der Waals surface area (Å²) in [4.78, 5) is 48.9. The molecule has 0 radical (unpaired) electrons. The maximum Gasteiger partial charge on any atom is 0.297 e. The van der Waals surface area contributed by atoms with Crippen LogP contribution in [0.25, 0.3) is 11.0 Å². The number of aromatic amines is 1. The fourth-order valence-corrected chi connectivity index (χ4v) is 15.6. The van der Waals surface area contributed by atoms with Gasteiger partial charge in [-0.25, -0.2) is 18.1 Å². The predicted octanol–water partition coefficient (Wildman–Crippen LogP) is 8.17. The number of benzene rings is 3. The van der Waals surface area contributed by atoms with Crippen LogP contribution in [0, 0.1) is 28.4 Å². The zero-order valence-electron chi connectivity index (χ0n) is 46.8. The van der Waals surface area contributed by atoms with Gasteiger partial charge in [0.2, 0.25) is 5.88 Å². The fraction of sp³-hybridized carbons (Fsp3) is 0.492. The topological polar surface area (TPSA) is 239 Å². The van der Waals surface area contributed by atoms with E-state index in [0.29, 0.717) is 92.5 Å². The van der Waals surface area contributed by atoms with Crippen LogP contribution < -0.4 is 38.8 Å². The first-order valence-electron chi connectivity index (χ1n) is 29.3. The molecule has 9 heterocycles. The van der Waals surface area contributed by atoms with Gasteiger partial charge in [0.15, 0.2) is 17.2 Å². The number of sulfonamides is 1. The van der Waals surface area contributed by atoms with Crippen LogP contribution in [0.3, 0.4) is 0 Å². The Morgan fingerprint density at radius 1 is 0.892 bits per heavy atom. The van der Waals surface area contributed by atoms with E-state index in [2.05, 4.69) is 76.9 Å². The maximum atomic E-state index is 15.0. The molecule has 2 aliphatic carbocycles. The Morgan fingerprint density at radius 2 is 1.71 bits per heavy atom. The van der Waals surface area contributed by atoms with Crippen LogP contribution in [0.2, 0.25) is 0 Å². The van der Waals surface area contributed by atoms with E-state index in [1.54, 1.807) is 12.3 Å². The highest BCUT2D eigenvalue weighted by Gasteiger charge is 2.51. The molecular formula is C61H70N10O11S. The van der Waals surface area contributed by atoms with Gasteiger partial charge in [0.25, 0.3) is 27.5 Å². The highest BCUT2D eigenvalue weighted by molar-refractivity contribution is 7.90. The number of carbonyl (C=O) groups excluding carboxylic acids is 1. The Balaban J connectivity index is 0.722. The van der Waals surface area contributed by atoms with Crippen molar-refractivity contribution in [2.45, 2.75) is 119 Å². The summed E-state index contributed by atoms with van der Waals surface area (Å²) in [6.45, 7) is 11.1. The zero-order valence-corrected chi connectivity index (χ0v) is 47.6. The van der Waals surface area contributed by atoms with E-state index < -0.39 is 43.1 Å². The third-order valence-electron chi connectivity index (χ3n) is 19.2. The van der Waals surface area contributed by atoms with E-state index >= 15 is 0 Å². The number of nitro groups is 1. The molecule has 22 heteroatoms. The Morgan fingerprint density at radius 3 is 2.53 bits per heavy atom. The molecule has 3 aromatic heterocycles. The summed E-state index contributed by atoms with van der Waals surface area (Å²) >= 11 is 0. The Kier molecular flexibility index (Phi) is 13.7. The average Bonchev–Trinajstić information content (AvgIpc) is 4.01. The summed E-state index contributed by atoms with van der Waals surface area (Å²) < 4.78 is 61.5. The van der Waals surface area contributed by atoms with Gasteiger partial charge >= 0.3 is 0 Å². The molecule has 1 amide bonds. The number of H-pyrrole nitrogens is 1. The first-order valence-corrected chi connectivity index (χ1v) is 30.8. The number of aromatic nitrogens is 3. The van der Waals surface area contributed by atoms with Gasteiger partial charge in [0.1, 0.15) is 37.3 Å². The molecule has 1 spiro atoms. The summed E-state index contributed by atoms with van der Waals surface area (Å²) in [5.74, 6) is 0.814. The monoisotopic (exact) mass is 1150 g/mol. The number of nitrogens with zero attached hydrogens (tertiary/aromatic N) is 7. The number of nitro benzene ring substituents is 1. The number of piperazine rings is 1. The van der Waals surface area contributed by atoms with Gasteiger partial charge in [-0.2, -0.15) is 4.98 Å². The molecule has 6 aromatic rings. The molecule has 3 saturated heterocycles. The van der Waals surface area contributed by atoms with Crippen molar-refractivity contribution in [3.8, 4) is 23.3 Å². The first-order chi connectivity index (χ1) is 40.1. The molecule has 14 rings (SSSR count). The number of hydrogen-bond acceptors (Lipinski definition) is 18. The number of hydrogen-bond donors (Lipinski definition) is 4. The second-order valence-corrected chi connectivity index (χ2v) is 26.2. The SMILES string of the molecule is Cc1ccccc1[C@@H]1CN(Cc2cnc3c(c2)OCCO3)CCN1C1CC2(CCN(c3ccc(C(=O)NS(=O)(=O)c4cc5c(c([N+](=O)[O-])c4)N[C@@H](C4CCC(C)(O)CC4)CO5)c(N4c5cc6cc[nH]c6nc5O[C@H]5COCC[C@@H]54)c3)CC2)C1. The number of carbonyl (C=O) groups is 1. The largest absolute Gasteiger partial charge is 0.489 e. The van der Waals surface area contributed by atoms with E-state index in [1.165, 1.54) is 17.2 Å². The number of amides is 1. The Hall–Kier alpha value is -7.24. The minimum absolute atomic E-state index is 0.00322. The van der Waals surface area contributed by atoms with E-state index in [-0.39, 0.29) is 59.7 Å². The van der Waals surface area contributed by atoms with Crippen molar-refractivity contribution in [3.05, 3.63) is 118 Å². The number of nitrogens with one attached hydrogen (secondary N) is 3. The fourth-order valence-electron chi connectivity index (χ4n) is 14.6. The molecule has 3 aromatic carbocycles. The van der Waals surface area contributed by atoms with Gasteiger partial charge in [-0.3, -0.25) is 24.7 Å². The van der Waals surface area contributed by atoms with Crippen molar-refractivity contribution < 1.29 is 46.9 Å². The van der Waals surface area contributed by atoms with E-state index in [1.807, 2.05) is 37.4 Å². The third-order valence-corrected chi connectivity index (χ3v) is 20.5. The number of fused-ring (bicyclic) bond motifs is 5. The average molecular weight is 1150 g/mol. The standard InChI is InChI=1S/C61H70N10O11S/c1-37-5-3-4-6-44(37)51-34-67(33-38-25-53-59(63-32-38)80-24-23-79-53)20-21-69(51)42-30-61(31-42)15-18-68(19-16-61)41-7-8-45(48(27-41)70-47-12-22-78-36-54(47)82-58-50(70)26-40-11-17-62-56(40)65-58)57(72)66-83(76,77)43-28-49(71(74)75)55-52(29-43)81-35-46(64-55)39-9-13-60(2,73)14-10-39/h3-8,11,17,25-29,32,39,42,46-47,51,54,64,73H,9-10,12-16,18-24,30-31,33-36H2,1-2H3,(H,62,65)(H,66,72)/t39?,46-,47+,51+,54+,60?/m1/s1. The second kappa shape index (κ2) is 21.1. The number of anilines is 4. The first kappa shape index (κ1) is 53.7. The van der Waals surface area contributed by atoms with Crippen molar-refractivity contribution in [1.82, 2.24) is 29.5 Å². The van der Waals surface area contributed by atoms with Crippen LogP contribution in [0.5, 0.6) is 23.3 Å². The molecule has 21 nitrogen and oxygen atoms in total. The van der Waals surface area contributed by atoms with Crippen LogP contribution in [0.1, 0.15) is 97.8 Å². The molecular weight excluding hydrogens is 1080 g/mol. The molecule has 0 bridgehead atoms. The lowest BCUT2D eigenvalue weighted by Gasteiger charge is -2.58. The van der Waals surface area contributed by atoms with Crippen molar-refractivity contribution in [2.75, 3.05) is 80.9 Å². The van der Waals surface area contributed by atoms with Crippen molar-refractivity contribution in [3.63, 3.8) is 0 Å². The third kappa shape index (κ3) is 10.2. The van der Waals surface area contributed by atoms with Crippen molar-refractivity contribution >= 4 is 55.4 Å². The molecule has 5 fully saturated rings. The molecule has 436 valence electrons. The van der Waals surface area contributed by atoms with Crippen LogP contribution in [0.15, 0.2) is 90.1 Å². The molecule has 6 aliphatic heterocycles. The van der Waals surface area contributed by atoms with E-state index in [4.69, 9.17) is 28.7 Å². The number of rotatable bonds is 11. The van der Waals surface area contributed by atoms with Crippen LogP contribution in [-0.2, 0) is 21.3 Å². The van der Waals surface area contributed by atoms with Crippen LogP contribution in [-0.4, -0.2) is 145 Å². The summed E-state index contributed by atoms with van der Waals surface area (Å²) in [5, 5.41) is 27.3. The highest BCUT2D eigenvalue weighted by atomic mass is 32.2. The smallest absolute Gasteiger partial charge is 0.297 e. The van der Waals surface area contributed by atoms with E-state index in [0.717, 1.165) is 87.7 Å². The predicted molar refractivity (Wildman–Crippen MR) is 310 cm³/mol. The van der Waals surface area contributed by atoms with Gasteiger partial charge in [-0.1, -0.05) is 24.3 Å². The molecule has 4 N–H and O–H groups in total. The lowest BCUT2D eigenvalue weighted by atomic mass is 9.59. The molecule has 0 unspecified atom stereocenters. The van der Waals surface area contributed by atoms with Gasteiger partial charge in [-0.05, 0) is 136 Å². The van der Waals surface area contributed by atoms with Gasteiger partial charge in [0.05, 0.1) is 45.4 Å². The van der Waals surface area contributed by atoms with Crippen LogP contribution >= 0.6 is 0 Å². The minimum Gasteiger partial charge on any atom is -0.489 e. The Bertz CT molecular complexity index is 3610. The quantitative estimate of drug-likeness (QED) is 0.0706. The number of aliphatic hydroxyl groups is 1. The van der Waals surface area contributed by atoms with Crippen molar-refractivity contribution in [1.29, 1.82) is 0 Å². The minimum atomic E-state index is -4.74. The summed E-state index contributed by atoms with van der Waals surface area (Å²) in [6.07, 6.45) is 10.6. The van der Waals surface area contributed by atoms with Crippen LogP contribution in [0.4, 0.5) is 28.4 Å². The highest BCUT2D eigenvalue weighted by Crippen LogP contribution is 2.54. The number of piperidine rings is 1. The molecule has 4 atom stereocenters. The molecule has 2 saturated carbocycles. The zero-order chi connectivity index (χ0) is 56.8. The summed E-state index contributed by atoms with van der Waals surface area (Å²) in [7, 11) is -4.74. The summed E-state index contributed by atoms with van der Waals surface area (Å²) in [6, 6.07) is 22.7. The number of pyridine rings is 2. The lowest BCUT2D eigenvalue weighted by Crippen LogP contribution is -2.59. The maximum absolute atomic E-state index is 15.0. The van der Waals surface area contributed by atoms with Crippen molar-refractivity contribution in [2.24, 2.45) is 11.3 Å². The van der Waals surface area contributed by atoms with E-state index in [9.17, 15) is 28.4 Å². The van der Waals surface area contributed by atoms with Gasteiger partial charge < -0.3 is 48.9 Å². The second-order valence-electron chi connectivity index (χ2n) is 24.5. The normalized spacial score (nSPS) is 26.1. The number of ether oxygens (including phenoxy) is 5. The van der Waals surface area contributed by atoms with Gasteiger partial charge in [-0.15, -0.1) is 0 Å². The Labute approximate surface area is 481 Å². The molecule has 8 aliphatic rings. The van der Waals surface area contributed by atoms with Gasteiger partial charge in [0, 0.05) is 93.6 Å². The number of aryl methyl sites for hydroxylation is 1. The lowest BCUT2D eigenvalue weighted by molar-refractivity contribution is -0.384.